The third kappa shape index (κ3) is 1.44. The number of rotatable bonds is 1. The van der Waals surface area contributed by atoms with E-state index in [4.69, 9.17) is 4.42 Å². The monoisotopic (exact) mass is 210 g/mol. The highest BCUT2D eigenvalue weighted by atomic mass is 16.3. The third-order valence-corrected chi connectivity index (χ3v) is 2.68. The lowest BCUT2D eigenvalue weighted by Gasteiger charge is -2.02. The molecule has 0 fully saturated rings. The second kappa shape index (κ2) is 3.42. The quantitative estimate of drug-likeness (QED) is 0.662. The van der Waals surface area contributed by atoms with Gasteiger partial charge in [-0.1, -0.05) is 18.2 Å². The van der Waals surface area contributed by atoms with E-state index in [2.05, 4.69) is 6.07 Å². The Bertz CT molecular complexity index is 624. The van der Waals surface area contributed by atoms with Crippen molar-refractivity contribution in [3.8, 4) is 16.9 Å². The molecule has 3 rings (SSSR count). The summed E-state index contributed by atoms with van der Waals surface area (Å²) in [7, 11) is 0. The molecule has 0 aliphatic rings. The summed E-state index contributed by atoms with van der Waals surface area (Å²) in [6.07, 6.45) is 3.39. The van der Waals surface area contributed by atoms with Crippen LogP contribution in [0.15, 0.2) is 59.4 Å². The number of hydrogen-bond donors (Lipinski definition) is 1. The first kappa shape index (κ1) is 9.04. The standard InChI is InChI=1S/C14H10O2/c15-14-4-3-10-7-11(1-2-12(10)8-14)13-5-6-16-9-13/h1-9,15H. The molecule has 1 heterocycles. The maximum absolute atomic E-state index is 9.37. The van der Waals surface area contributed by atoms with Crippen LogP contribution in [0, 0.1) is 0 Å². The second-order valence-electron chi connectivity index (χ2n) is 3.76. The SMILES string of the molecule is Oc1ccc2cc(-c3ccoc3)ccc2c1. The lowest BCUT2D eigenvalue weighted by molar-refractivity contribution is 0.476. The van der Waals surface area contributed by atoms with E-state index in [1.807, 2.05) is 24.3 Å². The maximum atomic E-state index is 9.37. The number of phenolic OH excluding ortho intramolecular Hbond substituents is 1. The highest BCUT2D eigenvalue weighted by Crippen LogP contribution is 2.26. The fraction of sp³-hybridized carbons (Fsp3) is 0. The van der Waals surface area contributed by atoms with Crippen LogP contribution in [0.5, 0.6) is 5.75 Å². The number of phenols is 1. The van der Waals surface area contributed by atoms with Gasteiger partial charge in [-0.3, -0.25) is 0 Å². The first-order chi connectivity index (χ1) is 7.83. The average Bonchev–Trinajstić information content (AvgIpc) is 2.82. The van der Waals surface area contributed by atoms with E-state index in [1.54, 1.807) is 24.7 Å². The van der Waals surface area contributed by atoms with E-state index < -0.39 is 0 Å². The molecule has 16 heavy (non-hydrogen) atoms. The first-order valence-electron chi connectivity index (χ1n) is 5.08. The average molecular weight is 210 g/mol. The van der Waals surface area contributed by atoms with Crippen LogP contribution in [0.3, 0.4) is 0 Å². The van der Waals surface area contributed by atoms with E-state index >= 15 is 0 Å². The van der Waals surface area contributed by atoms with Crippen molar-refractivity contribution < 1.29 is 9.52 Å². The fourth-order valence-electron chi connectivity index (χ4n) is 1.84. The van der Waals surface area contributed by atoms with Crippen molar-refractivity contribution in [2.45, 2.75) is 0 Å². The Hall–Kier alpha value is -2.22. The molecular weight excluding hydrogens is 200 g/mol. The fourth-order valence-corrected chi connectivity index (χ4v) is 1.84. The summed E-state index contributed by atoms with van der Waals surface area (Å²) < 4.78 is 5.06. The van der Waals surface area contributed by atoms with Gasteiger partial charge in [0.05, 0.1) is 12.5 Å². The Morgan fingerprint density at radius 1 is 0.812 bits per heavy atom. The number of hydrogen-bond acceptors (Lipinski definition) is 2. The molecule has 1 N–H and O–H groups in total. The van der Waals surface area contributed by atoms with E-state index in [0.29, 0.717) is 5.75 Å². The van der Waals surface area contributed by atoms with E-state index in [1.165, 1.54) is 0 Å². The Morgan fingerprint density at radius 2 is 1.62 bits per heavy atom. The summed E-state index contributed by atoms with van der Waals surface area (Å²) in [4.78, 5) is 0. The third-order valence-electron chi connectivity index (χ3n) is 2.68. The minimum absolute atomic E-state index is 0.295. The zero-order valence-corrected chi connectivity index (χ0v) is 8.55. The number of furan rings is 1. The van der Waals surface area contributed by atoms with Gasteiger partial charge in [0.15, 0.2) is 0 Å². The normalized spacial score (nSPS) is 10.8. The molecule has 1 aromatic heterocycles. The van der Waals surface area contributed by atoms with E-state index in [0.717, 1.165) is 21.9 Å². The molecular formula is C14H10O2. The van der Waals surface area contributed by atoms with Gasteiger partial charge < -0.3 is 9.52 Å². The molecule has 0 atom stereocenters. The van der Waals surface area contributed by atoms with Crippen molar-refractivity contribution in [2.24, 2.45) is 0 Å². The second-order valence-corrected chi connectivity index (χ2v) is 3.76. The van der Waals surface area contributed by atoms with Gasteiger partial charge in [-0.2, -0.15) is 0 Å². The largest absolute Gasteiger partial charge is 0.508 e. The molecule has 0 saturated carbocycles. The lowest BCUT2D eigenvalue weighted by atomic mass is 10.0. The molecule has 0 unspecified atom stereocenters. The summed E-state index contributed by atoms with van der Waals surface area (Å²) >= 11 is 0. The van der Waals surface area contributed by atoms with Crippen LogP contribution in [0.4, 0.5) is 0 Å². The van der Waals surface area contributed by atoms with Gasteiger partial charge >= 0.3 is 0 Å². The van der Waals surface area contributed by atoms with Crippen molar-refractivity contribution in [3.63, 3.8) is 0 Å². The van der Waals surface area contributed by atoms with Gasteiger partial charge in [0.25, 0.3) is 0 Å². The lowest BCUT2D eigenvalue weighted by Crippen LogP contribution is -1.76. The molecule has 2 nitrogen and oxygen atoms in total. The highest BCUT2D eigenvalue weighted by Gasteiger charge is 2.01. The predicted molar refractivity (Wildman–Crippen MR) is 63.3 cm³/mol. The van der Waals surface area contributed by atoms with Crippen molar-refractivity contribution in [3.05, 3.63) is 55.0 Å². The maximum Gasteiger partial charge on any atom is 0.116 e. The number of benzene rings is 2. The van der Waals surface area contributed by atoms with E-state index in [9.17, 15) is 5.11 Å². The first-order valence-corrected chi connectivity index (χ1v) is 5.08. The Kier molecular flexibility index (Phi) is 1.93. The molecule has 0 spiro atoms. The predicted octanol–water partition coefficient (Wildman–Crippen LogP) is 3.81. The molecule has 2 aromatic carbocycles. The molecule has 0 aliphatic carbocycles. The van der Waals surface area contributed by atoms with E-state index in [-0.39, 0.29) is 0 Å². The number of aromatic hydroxyl groups is 1. The van der Waals surface area contributed by atoms with Gasteiger partial charge in [0.1, 0.15) is 5.75 Å². The van der Waals surface area contributed by atoms with Crippen molar-refractivity contribution in [1.29, 1.82) is 0 Å². The van der Waals surface area contributed by atoms with Crippen LogP contribution < -0.4 is 0 Å². The smallest absolute Gasteiger partial charge is 0.116 e. The summed E-state index contributed by atoms with van der Waals surface area (Å²) in [5.74, 6) is 0.295. The molecule has 0 saturated heterocycles. The van der Waals surface area contributed by atoms with Gasteiger partial charge in [-0.25, -0.2) is 0 Å². The Balaban J connectivity index is 2.20. The topological polar surface area (TPSA) is 33.4 Å². The molecule has 0 bridgehead atoms. The van der Waals surface area contributed by atoms with Crippen LogP contribution >= 0.6 is 0 Å². The molecule has 0 radical (unpaired) electrons. The summed E-state index contributed by atoms with van der Waals surface area (Å²) in [6.45, 7) is 0. The molecule has 2 heteroatoms. The zero-order valence-electron chi connectivity index (χ0n) is 8.55. The molecule has 3 aromatic rings. The molecule has 0 amide bonds. The Morgan fingerprint density at radius 3 is 2.44 bits per heavy atom. The van der Waals surface area contributed by atoms with Gasteiger partial charge in [-0.15, -0.1) is 0 Å². The van der Waals surface area contributed by atoms with Gasteiger partial charge in [0.2, 0.25) is 0 Å². The van der Waals surface area contributed by atoms with Crippen LogP contribution in [-0.4, -0.2) is 5.11 Å². The highest BCUT2D eigenvalue weighted by molar-refractivity contribution is 5.88. The summed E-state index contributed by atoms with van der Waals surface area (Å²) in [5, 5.41) is 11.5. The summed E-state index contributed by atoms with van der Waals surface area (Å²) in [5.41, 5.74) is 2.18. The van der Waals surface area contributed by atoms with Crippen molar-refractivity contribution in [1.82, 2.24) is 0 Å². The molecule has 0 aliphatic heterocycles. The van der Waals surface area contributed by atoms with Crippen LogP contribution in [0.1, 0.15) is 0 Å². The van der Waals surface area contributed by atoms with Crippen LogP contribution in [-0.2, 0) is 0 Å². The minimum atomic E-state index is 0.295. The van der Waals surface area contributed by atoms with Gasteiger partial charge in [0, 0.05) is 5.56 Å². The number of fused-ring (bicyclic) bond motifs is 1. The van der Waals surface area contributed by atoms with Crippen molar-refractivity contribution >= 4 is 10.8 Å². The molecule has 78 valence electrons. The van der Waals surface area contributed by atoms with Crippen LogP contribution in [0.25, 0.3) is 21.9 Å². The van der Waals surface area contributed by atoms with Gasteiger partial charge in [-0.05, 0) is 40.6 Å². The minimum Gasteiger partial charge on any atom is -0.508 e. The van der Waals surface area contributed by atoms with Crippen molar-refractivity contribution in [2.75, 3.05) is 0 Å². The summed E-state index contributed by atoms with van der Waals surface area (Å²) in [6, 6.07) is 13.4. The Labute approximate surface area is 92.8 Å². The van der Waals surface area contributed by atoms with Crippen LogP contribution in [0.2, 0.25) is 0 Å². The zero-order chi connectivity index (χ0) is 11.0.